The Bertz CT molecular complexity index is 407. The van der Waals surface area contributed by atoms with Gasteiger partial charge in [0.05, 0.1) is 0 Å². The smallest absolute Gasteiger partial charge is 0.123 e. The van der Waals surface area contributed by atoms with Gasteiger partial charge in [-0.05, 0) is 12.1 Å². The molecule has 0 amide bonds. The summed E-state index contributed by atoms with van der Waals surface area (Å²) < 4.78 is 11.9. The average molecular weight is 343 g/mol. The first-order valence-electron chi connectivity index (χ1n) is 9.10. The Kier molecular flexibility index (Phi) is 32.5. The molecule has 0 heterocycles. The molecule has 3 rings (SSSR count). The molecule has 0 nitrogen and oxygen atoms in total. The van der Waals surface area contributed by atoms with Crippen LogP contribution < -0.4 is 0 Å². The third kappa shape index (κ3) is 26.8. The van der Waals surface area contributed by atoms with Crippen LogP contribution in [0, 0.1) is 5.82 Å². The molecule has 3 aromatic carbocycles. The molecule has 0 aliphatic rings. The molecule has 0 radical (unpaired) electrons. The first-order valence-corrected chi connectivity index (χ1v) is 9.10. The minimum atomic E-state index is -0.178. The SMILES string of the molecule is CC.CC.CC.Fc1ccccc1.c1ccccc1.c1ccccc1. The monoisotopic (exact) mass is 342 g/mol. The van der Waals surface area contributed by atoms with Gasteiger partial charge in [0.15, 0.2) is 0 Å². The highest BCUT2D eigenvalue weighted by Crippen LogP contribution is 1.91. The van der Waals surface area contributed by atoms with E-state index in [1.807, 2.05) is 114 Å². The second kappa shape index (κ2) is 29.6. The van der Waals surface area contributed by atoms with Gasteiger partial charge in [-0.15, -0.1) is 0 Å². The molecule has 0 N–H and O–H groups in total. The predicted molar refractivity (Wildman–Crippen MR) is 113 cm³/mol. The standard InChI is InChI=1S/C6H5F.2C6H6.3C2H6/c7-6-4-2-1-3-5-6;2*1-2-4-6-5-3-1;3*1-2/h1-5H;2*1-6H;3*1-2H3. The van der Waals surface area contributed by atoms with Gasteiger partial charge < -0.3 is 0 Å². The van der Waals surface area contributed by atoms with Crippen molar-refractivity contribution in [2.45, 2.75) is 41.5 Å². The molecule has 3 aromatic rings. The molecule has 0 aliphatic carbocycles. The molecule has 0 atom stereocenters. The van der Waals surface area contributed by atoms with E-state index in [1.54, 1.807) is 18.2 Å². The van der Waals surface area contributed by atoms with Crippen LogP contribution in [-0.4, -0.2) is 0 Å². The Labute approximate surface area is 155 Å². The van der Waals surface area contributed by atoms with Crippen LogP contribution in [0.3, 0.4) is 0 Å². The van der Waals surface area contributed by atoms with Gasteiger partial charge in [0, 0.05) is 0 Å². The Hall–Kier alpha value is -2.41. The maximum atomic E-state index is 11.9. The van der Waals surface area contributed by atoms with Gasteiger partial charge in [-0.3, -0.25) is 0 Å². The van der Waals surface area contributed by atoms with Gasteiger partial charge >= 0.3 is 0 Å². The lowest BCUT2D eigenvalue weighted by Crippen LogP contribution is -1.63. The molecular formula is C24H35F. The van der Waals surface area contributed by atoms with Crippen LogP contribution in [0.1, 0.15) is 41.5 Å². The number of hydrogen-bond acceptors (Lipinski definition) is 0. The molecule has 0 bridgehead atoms. The Morgan fingerprint density at radius 3 is 0.640 bits per heavy atom. The fourth-order valence-electron chi connectivity index (χ4n) is 1.18. The van der Waals surface area contributed by atoms with Crippen LogP contribution in [-0.2, 0) is 0 Å². The summed E-state index contributed by atoms with van der Waals surface area (Å²) in [6.07, 6.45) is 0. The molecule has 0 saturated carbocycles. The van der Waals surface area contributed by atoms with Gasteiger partial charge in [-0.2, -0.15) is 0 Å². The molecule has 0 aromatic heterocycles. The minimum absolute atomic E-state index is 0.178. The second-order valence-corrected chi connectivity index (χ2v) is 3.60. The number of hydrogen-bond donors (Lipinski definition) is 0. The van der Waals surface area contributed by atoms with Gasteiger partial charge in [0.25, 0.3) is 0 Å². The lowest BCUT2D eigenvalue weighted by Gasteiger charge is -1.78. The fourth-order valence-corrected chi connectivity index (χ4v) is 1.18. The topological polar surface area (TPSA) is 0 Å². The first kappa shape index (κ1) is 27.4. The molecule has 25 heavy (non-hydrogen) atoms. The van der Waals surface area contributed by atoms with Crippen molar-refractivity contribution in [2.24, 2.45) is 0 Å². The zero-order valence-corrected chi connectivity index (χ0v) is 16.7. The third-order valence-corrected chi connectivity index (χ3v) is 2.07. The van der Waals surface area contributed by atoms with Crippen molar-refractivity contribution >= 4 is 0 Å². The van der Waals surface area contributed by atoms with Crippen molar-refractivity contribution in [2.75, 3.05) is 0 Å². The van der Waals surface area contributed by atoms with E-state index in [2.05, 4.69) is 0 Å². The van der Waals surface area contributed by atoms with Gasteiger partial charge in [0.2, 0.25) is 0 Å². The normalized spacial score (nSPS) is 7.00. The quantitative estimate of drug-likeness (QED) is 0.385. The van der Waals surface area contributed by atoms with E-state index >= 15 is 0 Å². The van der Waals surface area contributed by atoms with Gasteiger partial charge in [0.1, 0.15) is 5.82 Å². The summed E-state index contributed by atoms with van der Waals surface area (Å²) in [5.74, 6) is -0.178. The molecule has 0 saturated heterocycles. The van der Waals surface area contributed by atoms with Crippen molar-refractivity contribution in [1.29, 1.82) is 0 Å². The molecular weight excluding hydrogens is 307 g/mol. The summed E-state index contributed by atoms with van der Waals surface area (Å²) in [5, 5.41) is 0. The van der Waals surface area contributed by atoms with E-state index in [0.29, 0.717) is 0 Å². The van der Waals surface area contributed by atoms with Crippen LogP contribution >= 0.6 is 0 Å². The van der Waals surface area contributed by atoms with Crippen molar-refractivity contribution in [3.8, 4) is 0 Å². The second-order valence-electron chi connectivity index (χ2n) is 3.60. The van der Waals surface area contributed by atoms with Crippen LogP contribution in [0.25, 0.3) is 0 Å². The maximum Gasteiger partial charge on any atom is 0.123 e. The summed E-state index contributed by atoms with van der Waals surface area (Å²) in [7, 11) is 0. The van der Waals surface area contributed by atoms with Crippen molar-refractivity contribution in [3.63, 3.8) is 0 Å². The lowest BCUT2D eigenvalue weighted by molar-refractivity contribution is 0.628. The van der Waals surface area contributed by atoms with E-state index in [1.165, 1.54) is 12.1 Å². The number of halogens is 1. The van der Waals surface area contributed by atoms with Gasteiger partial charge in [-0.25, -0.2) is 4.39 Å². The van der Waals surface area contributed by atoms with Crippen LogP contribution in [0.15, 0.2) is 103 Å². The molecule has 138 valence electrons. The highest BCUT2D eigenvalue weighted by Gasteiger charge is 1.77. The van der Waals surface area contributed by atoms with E-state index in [9.17, 15) is 4.39 Å². The highest BCUT2D eigenvalue weighted by molar-refractivity contribution is 5.02. The predicted octanol–water partition coefficient (Wildman–Crippen LogP) is 8.28. The third-order valence-electron chi connectivity index (χ3n) is 2.07. The molecule has 0 spiro atoms. The maximum absolute atomic E-state index is 11.9. The first-order chi connectivity index (χ1) is 12.4. The number of rotatable bonds is 0. The zero-order valence-electron chi connectivity index (χ0n) is 16.7. The van der Waals surface area contributed by atoms with Crippen molar-refractivity contribution < 1.29 is 4.39 Å². The Morgan fingerprint density at radius 2 is 0.520 bits per heavy atom. The summed E-state index contributed by atoms with van der Waals surface area (Å²) in [6, 6.07) is 31.9. The summed E-state index contributed by atoms with van der Waals surface area (Å²) in [5.41, 5.74) is 0. The summed E-state index contributed by atoms with van der Waals surface area (Å²) in [4.78, 5) is 0. The van der Waals surface area contributed by atoms with Crippen molar-refractivity contribution in [3.05, 3.63) is 109 Å². The Balaban J connectivity index is -0.000000253. The molecule has 0 fully saturated rings. The summed E-state index contributed by atoms with van der Waals surface area (Å²) >= 11 is 0. The molecule has 1 heteroatoms. The average Bonchev–Trinajstić information content (AvgIpc) is 2.76. The van der Waals surface area contributed by atoms with Crippen molar-refractivity contribution in [1.82, 2.24) is 0 Å². The van der Waals surface area contributed by atoms with Crippen LogP contribution in [0.4, 0.5) is 4.39 Å². The summed E-state index contributed by atoms with van der Waals surface area (Å²) in [6.45, 7) is 12.0. The fraction of sp³-hybridized carbons (Fsp3) is 0.250. The molecule has 0 unspecified atom stereocenters. The Morgan fingerprint density at radius 1 is 0.360 bits per heavy atom. The van der Waals surface area contributed by atoms with Gasteiger partial charge in [-0.1, -0.05) is 133 Å². The largest absolute Gasteiger partial charge is 0.207 e. The van der Waals surface area contributed by atoms with E-state index in [0.717, 1.165) is 0 Å². The highest BCUT2D eigenvalue weighted by atomic mass is 19.1. The zero-order chi connectivity index (χ0) is 19.6. The molecule has 0 aliphatic heterocycles. The van der Waals surface area contributed by atoms with E-state index in [-0.39, 0.29) is 5.82 Å². The lowest BCUT2D eigenvalue weighted by atomic mass is 10.4. The minimum Gasteiger partial charge on any atom is -0.207 e. The van der Waals surface area contributed by atoms with E-state index in [4.69, 9.17) is 0 Å². The number of benzene rings is 3. The van der Waals surface area contributed by atoms with Crippen LogP contribution in [0.5, 0.6) is 0 Å². The van der Waals surface area contributed by atoms with Crippen LogP contribution in [0.2, 0.25) is 0 Å². The van der Waals surface area contributed by atoms with E-state index < -0.39 is 0 Å².